The first-order valence-electron chi connectivity index (χ1n) is 8.18. The van der Waals surface area contributed by atoms with Crippen molar-refractivity contribution in [2.24, 2.45) is 23.7 Å². The van der Waals surface area contributed by atoms with Crippen molar-refractivity contribution in [3.05, 3.63) is 11.6 Å². The highest BCUT2D eigenvalue weighted by Gasteiger charge is 2.57. The molecular weight excluding hydrogens is 220 g/mol. The van der Waals surface area contributed by atoms with Crippen LogP contribution in [0.4, 0.5) is 0 Å². The van der Waals surface area contributed by atoms with Crippen LogP contribution in [0.1, 0.15) is 64.2 Å². The van der Waals surface area contributed by atoms with E-state index in [9.17, 15) is 5.11 Å². The molecule has 5 aliphatic carbocycles. The Morgan fingerprint density at radius 3 is 2.22 bits per heavy atom. The Labute approximate surface area is 111 Å². The fourth-order valence-corrected chi connectivity index (χ4v) is 5.81. The SMILES string of the molecule is OC1(C2=CCCCCC2)C2CC3CC(C2)CC1C3. The van der Waals surface area contributed by atoms with E-state index in [0.717, 1.165) is 11.8 Å². The molecular formula is C17H26O. The highest BCUT2D eigenvalue weighted by atomic mass is 16.3. The van der Waals surface area contributed by atoms with Crippen molar-refractivity contribution in [2.75, 3.05) is 0 Å². The maximum Gasteiger partial charge on any atom is 0.0913 e. The molecule has 0 aromatic rings. The topological polar surface area (TPSA) is 20.2 Å². The molecule has 0 aliphatic heterocycles. The molecule has 0 saturated heterocycles. The molecule has 5 rings (SSSR count). The third kappa shape index (κ3) is 1.56. The number of aliphatic hydroxyl groups is 1. The summed E-state index contributed by atoms with van der Waals surface area (Å²) >= 11 is 0. The van der Waals surface area contributed by atoms with Gasteiger partial charge in [-0.05, 0) is 87.0 Å². The third-order valence-electron chi connectivity index (χ3n) is 6.44. The van der Waals surface area contributed by atoms with Gasteiger partial charge in [-0.1, -0.05) is 12.5 Å². The Hall–Kier alpha value is -0.300. The lowest BCUT2D eigenvalue weighted by atomic mass is 9.48. The van der Waals surface area contributed by atoms with Gasteiger partial charge < -0.3 is 5.11 Å². The second-order valence-corrected chi connectivity index (χ2v) is 7.46. The van der Waals surface area contributed by atoms with E-state index in [1.807, 2.05) is 0 Å². The van der Waals surface area contributed by atoms with Gasteiger partial charge in [0.05, 0.1) is 5.60 Å². The van der Waals surface area contributed by atoms with E-state index >= 15 is 0 Å². The predicted molar refractivity (Wildman–Crippen MR) is 73.2 cm³/mol. The van der Waals surface area contributed by atoms with Gasteiger partial charge in [0.1, 0.15) is 0 Å². The quantitative estimate of drug-likeness (QED) is 0.692. The molecule has 0 amide bonds. The molecule has 0 aromatic heterocycles. The van der Waals surface area contributed by atoms with Crippen molar-refractivity contribution in [2.45, 2.75) is 69.8 Å². The first-order valence-corrected chi connectivity index (χ1v) is 8.18. The van der Waals surface area contributed by atoms with Crippen LogP contribution < -0.4 is 0 Å². The zero-order valence-electron chi connectivity index (χ0n) is 11.4. The summed E-state index contributed by atoms with van der Waals surface area (Å²) in [7, 11) is 0. The third-order valence-corrected chi connectivity index (χ3v) is 6.44. The van der Waals surface area contributed by atoms with Gasteiger partial charge in [0.25, 0.3) is 0 Å². The first-order chi connectivity index (χ1) is 8.77. The molecule has 4 saturated carbocycles. The Balaban J connectivity index is 1.67. The molecule has 0 spiro atoms. The van der Waals surface area contributed by atoms with Crippen LogP contribution >= 0.6 is 0 Å². The minimum Gasteiger partial charge on any atom is -0.385 e. The predicted octanol–water partition coefficient (Wildman–Crippen LogP) is 4.06. The van der Waals surface area contributed by atoms with E-state index in [4.69, 9.17) is 0 Å². The van der Waals surface area contributed by atoms with E-state index in [2.05, 4.69) is 6.08 Å². The normalized spacial score (nSPS) is 51.1. The maximum absolute atomic E-state index is 11.5. The molecule has 100 valence electrons. The Morgan fingerprint density at radius 2 is 1.56 bits per heavy atom. The molecule has 18 heavy (non-hydrogen) atoms. The number of hydrogen-bond donors (Lipinski definition) is 1. The van der Waals surface area contributed by atoms with Crippen molar-refractivity contribution in [3.8, 4) is 0 Å². The van der Waals surface area contributed by atoms with Crippen LogP contribution in [-0.2, 0) is 0 Å². The molecule has 0 radical (unpaired) electrons. The van der Waals surface area contributed by atoms with Gasteiger partial charge in [0.2, 0.25) is 0 Å². The summed E-state index contributed by atoms with van der Waals surface area (Å²) in [6.07, 6.45) is 15.6. The molecule has 0 aromatic carbocycles. The Kier molecular flexibility index (Phi) is 2.62. The fraction of sp³-hybridized carbons (Fsp3) is 0.882. The van der Waals surface area contributed by atoms with Gasteiger partial charge in [0, 0.05) is 0 Å². The van der Waals surface area contributed by atoms with Gasteiger partial charge in [-0.25, -0.2) is 0 Å². The van der Waals surface area contributed by atoms with Crippen LogP contribution in [0.2, 0.25) is 0 Å². The molecule has 1 nitrogen and oxygen atoms in total. The summed E-state index contributed by atoms with van der Waals surface area (Å²) in [5.41, 5.74) is 1.08. The van der Waals surface area contributed by atoms with Crippen LogP contribution in [0, 0.1) is 23.7 Å². The van der Waals surface area contributed by atoms with Gasteiger partial charge in [-0.3, -0.25) is 0 Å². The van der Waals surface area contributed by atoms with E-state index in [-0.39, 0.29) is 5.60 Å². The summed E-state index contributed by atoms with van der Waals surface area (Å²) in [6.45, 7) is 0. The van der Waals surface area contributed by atoms with Gasteiger partial charge in [-0.15, -0.1) is 0 Å². The number of allylic oxidation sites excluding steroid dienone is 1. The summed E-state index contributed by atoms with van der Waals surface area (Å²) < 4.78 is 0. The average molecular weight is 246 g/mol. The highest BCUT2D eigenvalue weighted by molar-refractivity contribution is 5.26. The smallest absolute Gasteiger partial charge is 0.0913 e. The van der Waals surface area contributed by atoms with Crippen LogP contribution in [0.3, 0.4) is 0 Å². The number of hydrogen-bond acceptors (Lipinski definition) is 1. The summed E-state index contributed by atoms with van der Waals surface area (Å²) in [6, 6.07) is 0. The molecule has 0 unspecified atom stereocenters. The second kappa shape index (κ2) is 4.10. The van der Waals surface area contributed by atoms with Crippen molar-refractivity contribution >= 4 is 0 Å². The first kappa shape index (κ1) is 11.5. The Morgan fingerprint density at radius 1 is 0.889 bits per heavy atom. The largest absolute Gasteiger partial charge is 0.385 e. The van der Waals surface area contributed by atoms with Gasteiger partial charge in [-0.2, -0.15) is 0 Å². The van der Waals surface area contributed by atoms with Crippen molar-refractivity contribution < 1.29 is 5.11 Å². The zero-order valence-corrected chi connectivity index (χ0v) is 11.4. The lowest BCUT2D eigenvalue weighted by molar-refractivity contribution is -0.151. The number of rotatable bonds is 1. The monoisotopic (exact) mass is 246 g/mol. The zero-order chi connectivity index (χ0) is 12.2. The van der Waals surface area contributed by atoms with Crippen molar-refractivity contribution in [1.82, 2.24) is 0 Å². The Bertz CT molecular complexity index is 340. The maximum atomic E-state index is 11.5. The van der Waals surface area contributed by atoms with E-state index in [1.165, 1.54) is 69.8 Å². The summed E-state index contributed by atoms with van der Waals surface area (Å²) in [5, 5.41) is 11.5. The minimum atomic E-state index is -0.377. The van der Waals surface area contributed by atoms with Crippen molar-refractivity contribution in [3.63, 3.8) is 0 Å². The van der Waals surface area contributed by atoms with Gasteiger partial charge >= 0.3 is 0 Å². The molecule has 1 N–H and O–H groups in total. The van der Waals surface area contributed by atoms with Crippen LogP contribution in [-0.4, -0.2) is 10.7 Å². The molecule has 0 heterocycles. The van der Waals surface area contributed by atoms with E-state index in [1.54, 1.807) is 0 Å². The summed E-state index contributed by atoms with van der Waals surface area (Å²) in [4.78, 5) is 0. The summed E-state index contributed by atoms with van der Waals surface area (Å²) in [5.74, 6) is 3.13. The fourth-order valence-electron chi connectivity index (χ4n) is 5.81. The molecule has 0 atom stereocenters. The molecule has 5 aliphatic rings. The standard InChI is InChI=1S/C17H26O/c18-17(14-5-3-1-2-4-6-14)15-8-12-7-13(10-15)11-16(17)9-12/h5,12-13,15-16,18H,1-4,6-11H2. The molecule has 1 heteroatoms. The lowest BCUT2D eigenvalue weighted by Crippen LogP contribution is -2.58. The van der Waals surface area contributed by atoms with Crippen LogP contribution in [0.5, 0.6) is 0 Å². The van der Waals surface area contributed by atoms with E-state index in [0.29, 0.717) is 11.8 Å². The molecule has 4 fully saturated rings. The van der Waals surface area contributed by atoms with Crippen molar-refractivity contribution in [1.29, 1.82) is 0 Å². The van der Waals surface area contributed by atoms with Crippen LogP contribution in [0.25, 0.3) is 0 Å². The highest BCUT2D eigenvalue weighted by Crippen LogP contribution is 2.60. The van der Waals surface area contributed by atoms with E-state index < -0.39 is 0 Å². The second-order valence-electron chi connectivity index (χ2n) is 7.46. The lowest BCUT2D eigenvalue weighted by Gasteiger charge is -2.59. The average Bonchev–Trinajstić information content (AvgIpc) is 2.64. The van der Waals surface area contributed by atoms with Gasteiger partial charge in [0.15, 0.2) is 0 Å². The minimum absolute atomic E-state index is 0.377. The van der Waals surface area contributed by atoms with Crippen LogP contribution in [0.15, 0.2) is 11.6 Å². The molecule has 4 bridgehead atoms.